The highest BCUT2D eigenvalue weighted by atomic mass is 35.5. The summed E-state index contributed by atoms with van der Waals surface area (Å²) >= 11 is 12.0. The summed E-state index contributed by atoms with van der Waals surface area (Å²) in [7, 11) is 1.95. The molecule has 0 unspecified atom stereocenters. The molecule has 1 heterocycles. The van der Waals surface area contributed by atoms with Gasteiger partial charge in [0.05, 0.1) is 0 Å². The van der Waals surface area contributed by atoms with Crippen LogP contribution in [0.3, 0.4) is 0 Å². The van der Waals surface area contributed by atoms with Crippen molar-refractivity contribution in [3.8, 4) is 0 Å². The number of rotatable bonds is 3. The van der Waals surface area contributed by atoms with Crippen LogP contribution in [0.25, 0.3) is 0 Å². The largest absolute Gasteiger partial charge is 0.355 e. The molecule has 3 nitrogen and oxygen atoms in total. The molecule has 0 amide bonds. The van der Waals surface area contributed by atoms with Crippen molar-refractivity contribution in [2.45, 2.75) is 13.5 Å². The van der Waals surface area contributed by atoms with Gasteiger partial charge in [0, 0.05) is 30.4 Å². The lowest BCUT2D eigenvalue weighted by Crippen LogP contribution is -2.19. The Kier molecular flexibility index (Phi) is 4.04. The standard InChI is InChI=1S/C13H13Cl2N3/c1-9-7-16-13(15)17-12(9)18(2)8-10-5-3-4-6-11(10)14/h3-7H,8H2,1-2H3. The van der Waals surface area contributed by atoms with E-state index in [1.54, 1.807) is 6.20 Å². The molecule has 0 aliphatic carbocycles. The maximum absolute atomic E-state index is 6.14. The Morgan fingerprint density at radius 1 is 1.22 bits per heavy atom. The third kappa shape index (κ3) is 2.92. The fourth-order valence-electron chi connectivity index (χ4n) is 1.76. The summed E-state index contributed by atoms with van der Waals surface area (Å²) in [6, 6.07) is 7.76. The number of anilines is 1. The fraction of sp³-hybridized carbons (Fsp3) is 0.231. The van der Waals surface area contributed by atoms with E-state index in [9.17, 15) is 0 Å². The summed E-state index contributed by atoms with van der Waals surface area (Å²) in [6.45, 7) is 2.63. The molecule has 0 spiro atoms. The van der Waals surface area contributed by atoms with Gasteiger partial charge in [-0.3, -0.25) is 0 Å². The second kappa shape index (κ2) is 5.55. The molecule has 0 saturated heterocycles. The van der Waals surface area contributed by atoms with Crippen molar-refractivity contribution in [1.29, 1.82) is 0 Å². The van der Waals surface area contributed by atoms with E-state index in [2.05, 4.69) is 9.97 Å². The van der Waals surface area contributed by atoms with Gasteiger partial charge >= 0.3 is 0 Å². The van der Waals surface area contributed by atoms with Crippen LogP contribution in [0.1, 0.15) is 11.1 Å². The van der Waals surface area contributed by atoms with Crippen molar-refractivity contribution in [1.82, 2.24) is 9.97 Å². The zero-order valence-corrected chi connectivity index (χ0v) is 11.7. The van der Waals surface area contributed by atoms with Gasteiger partial charge < -0.3 is 4.90 Å². The third-order valence-corrected chi connectivity index (χ3v) is 3.19. The molecule has 0 radical (unpaired) electrons. The van der Waals surface area contributed by atoms with Crippen LogP contribution in [0.15, 0.2) is 30.5 Å². The zero-order chi connectivity index (χ0) is 13.1. The molecule has 0 bridgehead atoms. The maximum atomic E-state index is 6.14. The fourth-order valence-corrected chi connectivity index (χ4v) is 2.08. The first-order valence-electron chi connectivity index (χ1n) is 5.51. The third-order valence-electron chi connectivity index (χ3n) is 2.64. The van der Waals surface area contributed by atoms with Gasteiger partial charge in [0.25, 0.3) is 0 Å². The molecule has 0 aliphatic rings. The van der Waals surface area contributed by atoms with E-state index >= 15 is 0 Å². The molecule has 0 atom stereocenters. The Morgan fingerprint density at radius 3 is 2.67 bits per heavy atom. The average molecular weight is 282 g/mol. The van der Waals surface area contributed by atoms with E-state index in [-0.39, 0.29) is 5.28 Å². The quantitative estimate of drug-likeness (QED) is 0.803. The van der Waals surface area contributed by atoms with E-state index in [0.29, 0.717) is 6.54 Å². The number of nitrogens with zero attached hydrogens (tertiary/aromatic N) is 3. The van der Waals surface area contributed by atoms with E-state index in [1.165, 1.54) is 0 Å². The van der Waals surface area contributed by atoms with Gasteiger partial charge in [-0.15, -0.1) is 0 Å². The topological polar surface area (TPSA) is 29.0 Å². The minimum absolute atomic E-state index is 0.251. The first-order valence-corrected chi connectivity index (χ1v) is 6.27. The highest BCUT2D eigenvalue weighted by Crippen LogP contribution is 2.22. The van der Waals surface area contributed by atoms with Crippen LogP contribution in [0.5, 0.6) is 0 Å². The van der Waals surface area contributed by atoms with Crippen LogP contribution in [0, 0.1) is 6.92 Å². The van der Waals surface area contributed by atoms with Crippen molar-refractivity contribution in [3.63, 3.8) is 0 Å². The number of benzene rings is 1. The number of halogens is 2. The lowest BCUT2D eigenvalue weighted by atomic mass is 10.2. The highest BCUT2D eigenvalue weighted by Gasteiger charge is 2.10. The predicted octanol–water partition coefficient (Wildman–Crippen LogP) is 3.73. The summed E-state index contributed by atoms with van der Waals surface area (Å²) in [5, 5.41) is 1.00. The molecule has 2 aromatic rings. The van der Waals surface area contributed by atoms with E-state index in [4.69, 9.17) is 23.2 Å². The molecule has 1 aromatic heterocycles. The second-order valence-electron chi connectivity index (χ2n) is 4.09. The maximum Gasteiger partial charge on any atom is 0.224 e. The van der Waals surface area contributed by atoms with E-state index in [1.807, 2.05) is 43.1 Å². The molecule has 0 fully saturated rings. The summed E-state index contributed by atoms with van der Waals surface area (Å²) < 4.78 is 0. The van der Waals surface area contributed by atoms with Crippen molar-refractivity contribution in [2.24, 2.45) is 0 Å². The van der Waals surface area contributed by atoms with Crippen molar-refractivity contribution in [3.05, 3.63) is 51.9 Å². The van der Waals surface area contributed by atoms with Crippen LogP contribution in [-0.4, -0.2) is 17.0 Å². The molecule has 94 valence electrons. The normalized spacial score (nSPS) is 10.4. The number of aromatic nitrogens is 2. The molecule has 0 aliphatic heterocycles. The van der Waals surface area contributed by atoms with E-state index < -0.39 is 0 Å². The molecule has 2 rings (SSSR count). The van der Waals surface area contributed by atoms with Crippen molar-refractivity contribution < 1.29 is 0 Å². The number of hydrogen-bond donors (Lipinski definition) is 0. The Bertz CT molecular complexity index is 558. The SMILES string of the molecule is Cc1cnc(Cl)nc1N(C)Cc1ccccc1Cl. The van der Waals surface area contributed by atoms with Gasteiger partial charge in [-0.2, -0.15) is 0 Å². The smallest absolute Gasteiger partial charge is 0.224 e. The molecule has 1 aromatic carbocycles. The molecule has 5 heteroatoms. The molecular weight excluding hydrogens is 269 g/mol. The highest BCUT2D eigenvalue weighted by molar-refractivity contribution is 6.31. The lowest BCUT2D eigenvalue weighted by molar-refractivity contribution is 0.882. The van der Waals surface area contributed by atoms with Crippen LogP contribution in [-0.2, 0) is 6.54 Å². The van der Waals surface area contributed by atoms with Gasteiger partial charge in [-0.25, -0.2) is 9.97 Å². The minimum Gasteiger partial charge on any atom is -0.355 e. The van der Waals surface area contributed by atoms with Crippen molar-refractivity contribution >= 4 is 29.0 Å². The Labute approximate surface area is 116 Å². The van der Waals surface area contributed by atoms with Gasteiger partial charge in [0.1, 0.15) is 5.82 Å². The van der Waals surface area contributed by atoms with Crippen LogP contribution in [0.2, 0.25) is 10.3 Å². The van der Waals surface area contributed by atoms with Crippen LogP contribution in [0.4, 0.5) is 5.82 Å². The van der Waals surface area contributed by atoms with E-state index in [0.717, 1.165) is 22.0 Å². The Hall–Kier alpha value is -1.32. The summed E-state index contributed by atoms with van der Waals surface area (Å²) in [4.78, 5) is 10.2. The molecular formula is C13H13Cl2N3. The van der Waals surface area contributed by atoms with Gasteiger partial charge in [-0.05, 0) is 30.2 Å². The monoisotopic (exact) mass is 281 g/mol. The van der Waals surface area contributed by atoms with Gasteiger partial charge in [0.15, 0.2) is 0 Å². The predicted molar refractivity (Wildman–Crippen MR) is 75.3 cm³/mol. The second-order valence-corrected chi connectivity index (χ2v) is 4.84. The molecule has 0 N–H and O–H groups in total. The minimum atomic E-state index is 0.251. The molecule has 0 saturated carbocycles. The van der Waals surface area contributed by atoms with Gasteiger partial charge in [-0.1, -0.05) is 29.8 Å². The Balaban J connectivity index is 2.25. The number of hydrogen-bond acceptors (Lipinski definition) is 3. The summed E-state index contributed by atoms with van der Waals surface area (Å²) in [5.41, 5.74) is 2.03. The first kappa shape index (κ1) is 13.1. The van der Waals surface area contributed by atoms with Crippen LogP contribution < -0.4 is 4.90 Å². The number of aryl methyl sites for hydroxylation is 1. The zero-order valence-electron chi connectivity index (χ0n) is 10.2. The van der Waals surface area contributed by atoms with Crippen molar-refractivity contribution in [2.75, 3.05) is 11.9 Å². The lowest BCUT2D eigenvalue weighted by Gasteiger charge is -2.20. The average Bonchev–Trinajstić information content (AvgIpc) is 2.35. The molecule has 18 heavy (non-hydrogen) atoms. The Morgan fingerprint density at radius 2 is 1.94 bits per heavy atom. The summed E-state index contributed by atoms with van der Waals surface area (Å²) in [5.74, 6) is 0.815. The van der Waals surface area contributed by atoms with Gasteiger partial charge in [0.2, 0.25) is 5.28 Å². The van der Waals surface area contributed by atoms with Crippen LogP contribution >= 0.6 is 23.2 Å². The summed E-state index contributed by atoms with van der Waals surface area (Å²) in [6.07, 6.45) is 1.72. The first-order chi connectivity index (χ1) is 8.58.